The van der Waals surface area contributed by atoms with Gasteiger partial charge in [-0.25, -0.2) is 27.5 Å². The van der Waals surface area contributed by atoms with E-state index in [-0.39, 0.29) is 17.0 Å². The van der Waals surface area contributed by atoms with Crippen molar-refractivity contribution in [2.24, 2.45) is 0 Å². The Bertz CT molecular complexity index is 1390. The van der Waals surface area contributed by atoms with Crippen molar-refractivity contribution < 1.29 is 17.6 Å². The Labute approximate surface area is 181 Å². The van der Waals surface area contributed by atoms with Gasteiger partial charge in [0.15, 0.2) is 29.1 Å². The van der Waals surface area contributed by atoms with Gasteiger partial charge in [0.2, 0.25) is 0 Å². The molecule has 0 radical (unpaired) electrons. The third-order valence-corrected chi connectivity index (χ3v) is 5.20. The van der Waals surface area contributed by atoms with Crippen molar-refractivity contribution in [2.45, 2.75) is 6.54 Å². The number of halogens is 4. The first-order valence-electron chi connectivity index (χ1n) is 9.81. The maximum absolute atomic E-state index is 14.1. The van der Waals surface area contributed by atoms with Crippen molar-refractivity contribution in [2.75, 3.05) is 0 Å². The lowest BCUT2D eigenvalue weighted by Gasteiger charge is -2.09. The zero-order valence-corrected chi connectivity index (χ0v) is 16.6. The normalized spacial score (nSPS) is 11.2. The van der Waals surface area contributed by atoms with Crippen LogP contribution in [0.1, 0.15) is 5.56 Å². The molecule has 0 spiro atoms. The molecule has 0 aromatic heterocycles. The number of imidazole rings is 1. The van der Waals surface area contributed by atoms with Crippen LogP contribution in [0.25, 0.3) is 33.9 Å². The first kappa shape index (κ1) is 19.9. The van der Waals surface area contributed by atoms with Crippen LogP contribution in [0.3, 0.4) is 0 Å². The fraction of sp³-hybridized carbons (Fsp3) is 0.0400. The van der Waals surface area contributed by atoms with Crippen LogP contribution in [0.4, 0.5) is 17.6 Å². The van der Waals surface area contributed by atoms with Crippen LogP contribution in [0.2, 0.25) is 0 Å². The monoisotopic (exact) mass is 433 g/mol. The lowest BCUT2D eigenvalue weighted by Crippen LogP contribution is -2.01. The Morgan fingerprint density at radius 3 is 2.00 bits per heavy atom. The summed E-state index contributed by atoms with van der Waals surface area (Å²) in [5, 5.41) is 0. The van der Waals surface area contributed by atoms with Gasteiger partial charge in [0.25, 0.3) is 0 Å². The molecule has 0 atom stereocenters. The van der Waals surface area contributed by atoms with Gasteiger partial charge in [0.1, 0.15) is 5.69 Å². The first-order chi connectivity index (χ1) is 15.5. The van der Waals surface area contributed by atoms with Gasteiger partial charge < -0.3 is 4.57 Å². The number of pyridine rings is 1. The molecule has 7 heteroatoms. The standard InChI is InChI=1S/C25H15F4N3/c26-19-5-1-3-17(23(19)28)16-9-7-15(8-10-16)13-32-12-11-21-22(14-32)31-25(30-21)18-4-2-6-20(27)24(18)29/h1-12,14H,13H2. The predicted molar refractivity (Wildman–Crippen MR) is 113 cm³/mol. The molecule has 2 aliphatic heterocycles. The highest BCUT2D eigenvalue weighted by Crippen LogP contribution is 2.28. The van der Waals surface area contributed by atoms with Gasteiger partial charge in [0.05, 0.1) is 11.3 Å². The molecule has 5 rings (SSSR count). The molecule has 0 amide bonds. The average Bonchev–Trinajstić information content (AvgIpc) is 3.21. The fourth-order valence-electron chi connectivity index (χ4n) is 3.57. The van der Waals surface area contributed by atoms with Crippen molar-refractivity contribution in [3.8, 4) is 33.9 Å². The average molecular weight is 433 g/mol. The van der Waals surface area contributed by atoms with Crippen molar-refractivity contribution >= 4 is 0 Å². The minimum Gasteiger partial charge on any atom is -0.348 e. The number of benzene rings is 3. The fourth-order valence-corrected chi connectivity index (χ4v) is 3.57. The zero-order chi connectivity index (χ0) is 22.2. The third-order valence-electron chi connectivity index (χ3n) is 5.20. The highest BCUT2D eigenvalue weighted by atomic mass is 19.2. The van der Waals surface area contributed by atoms with E-state index < -0.39 is 23.3 Å². The number of hydrogen-bond acceptors (Lipinski definition) is 2. The smallest absolute Gasteiger partial charge is 0.169 e. The molecule has 0 N–H and O–H groups in total. The lowest BCUT2D eigenvalue weighted by molar-refractivity contribution is 0.510. The summed E-state index contributed by atoms with van der Waals surface area (Å²) in [6, 6.07) is 16.9. The van der Waals surface area contributed by atoms with E-state index in [1.54, 1.807) is 24.4 Å². The van der Waals surface area contributed by atoms with Gasteiger partial charge in [-0.15, -0.1) is 0 Å². The highest BCUT2D eigenvalue weighted by molar-refractivity contribution is 5.66. The molecule has 3 aromatic rings. The molecule has 2 aliphatic rings. The Morgan fingerprint density at radius 1 is 0.656 bits per heavy atom. The Balaban J connectivity index is 1.40. The number of aromatic nitrogens is 3. The van der Waals surface area contributed by atoms with Gasteiger partial charge in [-0.3, -0.25) is 0 Å². The summed E-state index contributed by atoms with van der Waals surface area (Å²) in [6.45, 7) is 0.498. The lowest BCUT2D eigenvalue weighted by atomic mass is 10.0. The summed E-state index contributed by atoms with van der Waals surface area (Å²) in [6.07, 6.45) is 3.58. The number of hydrogen-bond donors (Lipinski definition) is 0. The summed E-state index contributed by atoms with van der Waals surface area (Å²) in [5.74, 6) is -3.57. The summed E-state index contributed by atoms with van der Waals surface area (Å²) in [5.41, 5.74) is 2.84. The van der Waals surface area contributed by atoms with Gasteiger partial charge in [-0.2, -0.15) is 0 Å². The van der Waals surface area contributed by atoms with Crippen molar-refractivity contribution in [3.63, 3.8) is 0 Å². The molecule has 2 heterocycles. The second kappa shape index (κ2) is 7.92. The topological polar surface area (TPSA) is 30.7 Å². The van der Waals surface area contributed by atoms with Gasteiger partial charge >= 0.3 is 0 Å². The zero-order valence-electron chi connectivity index (χ0n) is 16.6. The van der Waals surface area contributed by atoms with Crippen LogP contribution in [-0.2, 0) is 6.54 Å². The Kier molecular flexibility index (Phi) is 4.93. The number of rotatable bonds is 4. The van der Waals surface area contributed by atoms with Crippen molar-refractivity contribution in [1.29, 1.82) is 0 Å². The van der Waals surface area contributed by atoms with Crippen molar-refractivity contribution in [1.82, 2.24) is 14.5 Å². The van der Waals surface area contributed by atoms with Crippen LogP contribution in [0, 0.1) is 23.3 Å². The first-order valence-corrected chi connectivity index (χ1v) is 9.81. The summed E-state index contributed by atoms with van der Waals surface area (Å²) in [4.78, 5) is 8.64. The van der Waals surface area contributed by atoms with Gasteiger partial charge in [-0.05, 0) is 35.4 Å². The van der Waals surface area contributed by atoms with E-state index in [0.717, 1.165) is 17.7 Å². The summed E-state index contributed by atoms with van der Waals surface area (Å²) < 4.78 is 57.0. The Hall–Kier alpha value is -4.00. The molecular weight excluding hydrogens is 418 g/mol. The SMILES string of the molecule is Fc1cccc(-c2ccc(Cn3ccc4nc(-c5cccc(F)c5F)nc-4c3)cc2)c1F. The third kappa shape index (κ3) is 3.62. The predicted octanol–water partition coefficient (Wildman–Crippen LogP) is 6.32. The second-order valence-corrected chi connectivity index (χ2v) is 7.33. The molecule has 3 nitrogen and oxygen atoms in total. The maximum Gasteiger partial charge on any atom is 0.169 e. The van der Waals surface area contributed by atoms with E-state index in [9.17, 15) is 17.6 Å². The molecule has 0 saturated heterocycles. The molecule has 0 saturated carbocycles. The van der Waals surface area contributed by atoms with E-state index in [0.29, 0.717) is 23.5 Å². The highest BCUT2D eigenvalue weighted by Gasteiger charge is 2.17. The van der Waals surface area contributed by atoms with Gasteiger partial charge in [0, 0.05) is 24.5 Å². The van der Waals surface area contributed by atoms with Crippen LogP contribution < -0.4 is 0 Å². The molecule has 158 valence electrons. The molecular formula is C25H15F4N3. The summed E-state index contributed by atoms with van der Waals surface area (Å²) >= 11 is 0. The van der Waals surface area contributed by atoms with Crippen LogP contribution in [0.15, 0.2) is 79.1 Å². The van der Waals surface area contributed by atoms with E-state index >= 15 is 0 Å². The molecule has 0 unspecified atom stereocenters. The van der Waals surface area contributed by atoms with Crippen LogP contribution in [-0.4, -0.2) is 14.5 Å². The quantitative estimate of drug-likeness (QED) is 0.311. The molecule has 32 heavy (non-hydrogen) atoms. The van der Waals surface area contributed by atoms with Crippen LogP contribution >= 0.6 is 0 Å². The van der Waals surface area contributed by atoms with E-state index in [4.69, 9.17) is 0 Å². The number of fused-ring (bicyclic) bond motifs is 1. The van der Waals surface area contributed by atoms with E-state index in [1.807, 2.05) is 22.9 Å². The van der Waals surface area contributed by atoms with Crippen LogP contribution in [0.5, 0.6) is 0 Å². The Morgan fingerprint density at radius 2 is 1.28 bits per heavy atom. The summed E-state index contributed by atoms with van der Waals surface area (Å²) in [7, 11) is 0. The molecule has 0 fully saturated rings. The minimum absolute atomic E-state index is 0.00733. The minimum atomic E-state index is -0.981. The molecule has 3 aromatic carbocycles. The molecule has 0 aliphatic carbocycles. The van der Waals surface area contributed by atoms with E-state index in [2.05, 4.69) is 9.97 Å². The van der Waals surface area contributed by atoms with E-state index in [1.165, 1.54) is 24.3 Å². The van der Waals surface area contributed by atoms with Gasteiger partial charge in [-0.1, -0.05) is 42.5 Å². The second-order valence-electron chi connectivity index (χ2n) is 7.33. The molecule has 0 bridgehead atoms. The van der Waals surface area contributed by atoms with Crippen molar-refractivity contribution in [3.05, 3.63) is 108 Å². The largest absolute Gasteiger partial charge is 0.348 e. The number of nitrogens with zero attached hydrogens (tertiary/aromatic N) is 3. The maximum atomic E-state index is 14.1.